The number of hydrogen-bond acceptors (Lipinski definition) is 4. The Morgan fingerprint density at radius 3 is 2.63 bits per heavy atom. The number of aliphatic hydroxyl groups excluding tert-OH is 1. The topological polar surface area (TPSA) is 78.9 Å². The summed E-state index contributed by atoms with van der Waals surface area (Å²) < 4.78 is 32.4. The molecule has 7 heteroatoms. The highest BCUT2D eigenvalue weighted by Crippen LogP contribution is 2.07. The summed E-state index contributed by atoms with van der Waals surface area (Å²) in [4.78, 5) is 0. The number of rotatable bonds is 9. The Balaban J connectivity index is 2.28. The summed E-state index contributed by atoms with van der Waals surface area (Å²) in [6, 6.07) is 9.19. The number of nitrogens with one attached hydrogen (secondary N) is 1. The maximum atomic E-state index is 11.7. The fourth-order valence-electron chi connectivity index (χ4n) is 1.38. The van der Waals surface area contributed by atoms with Crippen molar-refractivity contribution in [1.82, 2.24) is 9.03 Å². The van der Waals surface area contributed by atoms with E-state index in [9.17, 15) is 8.42 Å². The van der Waals surface area contributed by atoms with Gasteiger partial charge in [0, 0.05) is 26.7 Å². The Bertz CT molecular complexity index is 450. The van der Waals surface area contributed by atoms with Crippen LogP contribution < -0.4 is 9.46 Å². The van der Waals surface area contributed by atoms with E-state index in [0.717, 1.165) is 0 Å². The molecule has 0 bridgehead atoms. The molecule has 0 aliphatic carbocycles. The van der Waals surface area contributed by atoms with Crippen molar-refractivity contribution in [2.24, 2.45) is 0 Å². The van der Waals surface area contributed by atoms with Crippen molar-refractivity contribution in [3.05, 3.63) is 30.3 Å². The minimum atomic E-state index is -3.49. The fourth-order valence-corrected chi connectivity index (χ4v) is 2.31. The van der Waals surface area contributed by atoms with Gasteiger partial charge >= 0.3 is 0 Å². The lowest BCUT2D eigenvalue weighted by Gasteiger charge is -2.17. The van der Waals surface area contributed by atoms with Gasteiger partial charge in [0.05, 0.1) is 0 Å². The first-order chi connectivity index (χ1) is 9.06. The number of para-hydroxylation sites is 1. The molecule has 0 saturated carbocycles. The second-order valence-electron chi connectivity index (χ2n) is 3.96. The van der Waals surface area contributed by atoms with Crippen LogP contribution in [0.1, 0.15) is 6.42 Å². The van der Waals surface area contributed by atoms with Crippen LogP contribution in [0.5, 0.6) is 5.75 Å². The van der Waals surface area contributed by atoms with E-state index in [1.54, 1.807) is 0 Å². The Hall–Kier alpha value is -1.15. The minimum absolute atomic E-state index is 0.0308. The predicted molar refractivity (Wildman–Crippen MR) is 73.2 cm³/mol. The molecule has 0 unspecified atom stereocenters. The standard InChI is InChI=1S/C12H20N2O4S/c1-14(9-5-10-15)19(16,17)13-8-11-18-12-6-3-2-4-7-12/h2-4,6-7,13,15H,5,8-11H2,1H3. The highest BCUT2D eigenvalue weighted by Gasteiger charge is 2.15. The molecule has 1 aromatic rings. The van der Waals surface area contributed by atoms with Crippen molar-refractivity contribution in [3.8, 4) is 5.75 Å². The van der Waals surface area contributed by atoms with E-state index in [1.165, 1.54) is 11.4 Å². The zero-order valence-electron chi connectivity index (χ0n) is 10.9. The SMILES string of the molecule is CN(CCCO)S(=O)(=O)NCCOc1ccccc1. The molecule has 6 nitrogen and oxygen atoms in total. The van der Waals surface area contributed by atoms with Gasteiger partial charge in [0.2, 0.25) is 0 Å². The van der Waals surface area contributed by atoms with Crippen molar-refractivity contribution >= 4 is 10.2 Å². The average molecular weight is 288 g/mol. The maximum absolute atomic E-state index is 11.7. The van der Waals surface area contributed by atoms with Crippen molar-refractivity contribution in [2.75, 3.05) is 33.4 Å². The molecular weight excluding hydrogens is 268 g/mol. The molecule has 19 heavy (non-hydrogen) atoms. The highest BCUT2D eigenvalue weighted by atomic mass is 32.2. The molecule has 0 atom stereocenters. The number of ether oxygens (including phenoxy) is 1. The molecule has 1 aromatic carbocycles. The van der Waals surface area contributed by atoms with Gasteiger partial charge in [-0.25, -0.2) is 0 Å². The van der Waals surface area contributed by atoms with Gasteiger partial charge in [-0.05, 0) is 18.6 Å². The van der Waals surface area contributed by atoms with Crippen LogP contribution in [0.2, 0.25) is 0 Å². The molecule has 0 radical (unpaired) electrons. The zero-order valence-corrected chi connectivity index (χ0v) is 11.8. The normalized spacial score (nSPS) is 11.7. The van der Waals surface area contributed by atoms with Crippen LogP contribution in [0, 0.1) is 0 Å². The molecule has 0 heterocycles. The first-order valence-corrected chi connectivity index (χ1v) is 7.50. The van der Waals surface area contributed by atoms with Crippen LogP contribution in [-0.2, 0) is 10.2 Å². The molecule has 1 rings (SSSR count). The van der Waals surface area contributed by atoms with Crippen molar-refractivity contribution in [3.63, 3.8) is 0 Å². The lowest BCUT2D eigenvalue weighted by atomic mass is 10.3. The summed E-state index contributed by atoms with van der Waals surface area (Å²) >= 11 is 0. The summed E-state index contributed by atoms with van der Waals surface area (Å²) in [5.41, 5.74) is 0. The largest absolute Gasteiger partial charge is 0.492 e. The first-order valence-electron chi connectivity index (χ1n) is 6.06. The van der Waals surface area contributed by atoms with Crippen LogP contribution in [0.15, 0.2) is 30.3 Å². The monoisotopic (exact) mass is 288 g/mol. The third kappa shape index (κ3) is 6.02. The van der Waals surface area contributed by atoms with Gasteiger partial charge in [-0.1, -0.05) is 18.2 Å². The average Bonchev–Trinajstić information content (AvgIpc) is 2.42. The van der Waals surface area contributed by atoms with Crippen LogP contribution in [-0.4, -0.2) is 51.2 Å². The van der Waals surface area contributed by atoms with E-state index in [0.29, 0.717) is 12.2 Å². The second kappa shape index (κ2) is 8.11. The molecule has 2 N–H and O–H groups in total. The van der Waals surface area contributed by atoms with Crippen LogP contribution >= 0.6 is 0 Å². The Morgan fingerprint density at radius 1 is 1.32 bits per heavy atom. The molecule has 0 saturated heterocycles. The summed E-state index contributed by atoms with van der Waals surface area (Å²) in [5, 5.41) is 8.66. The minimum Gasteiger partial charge on any atom is -0.492 e. The molecule has 0 aliphatic rings. The van der Waals surface area contributed by atoms with E-state index in [1.807, 2.05) is 30.3 Å². The quantitative estimate of drug-likeness (QED) is 0.637. The van der Waals surface area contributed by atoms with Crippen molar-refractivity contribution in [1.29, 1.82) is 0 Å². The van der Waals surface area contributed by atoms with E-state index < -0.39 is 10.2 Å². The van der Waals surface area contributed by atoms with Crippen LogP contribution in [0.4, 0.5) is 0 Å². The fraction of sp³-hybridized carbons (Fsp3) is 0.500. The van der Waals surface area contributed by atoms with E-state index in [2.05, 4.69) is 4.72 Å². The Morgan fingerprint density at radius 2 is 2.00 bits per heavy atom. The third-order valence-electron chi connectivity index (χ3n) is 2.44. The van der Waals surface area contributed by atoms with Gasteiger partial charge in [0.15, 0.2) is 0 Å². The van der Waals surface area contributed by atoms with Gasteiger partial charge in [-0.3, -0.25) is 0 Å². The zero-order chi connectivity index (χ0) is 14.1. The molecule has 0 amide bonds. The molecule has 0 aromatic heterocycles. The van der Waals surface area contributed by atoms with Gasteiger partial charge in [0.1, 0.15) is 12.4 Å². The lowest BCUT2D eigenvalue weighted by molar-refractivity contribution is 0.274. The van der Waals surface area contributed by atoms with Gasteiger partial charge < -0.3 is 9.84 Å². The predicted octanol–water partition coefficient (Wildman–Crippen LogP) is 0.214. The molecule has 0 fully saturated rings. The summed E-state index contributed by atoms with van der Waals surface area (Å²) in [6.45, 7) is 0.708. The number of aliphatic hydroxyl groups is 1. The summed E-state index contributed by atoms with van der Waals surface area (Å²) in [7, 11) is -2.03. The van der Waals surface area contributed by atoms with Gasteiger partial charge in [0.25, 0.3) is 10.2 Å². The van der Waals surface area contributed by atoms with E-state index in [-0.39, 0.29) is 26.3 Å². The van der Waals surface area contributed by atoms with Crippen LogP contribution in [0.3, 0.4) is 0 Å². The summed E-state index contributed by atoms with van der Waals surface area (Å²) in [6.07, 6.45) is 0.415. The van der Waals surface area contributed by atoms with Crippen molar-refractivity contribution in [2.45, 2.75) is 6.42 Å². The van der Waals surface area contributed by atoms with Gasteiger partial charge in [-0.2, -0.15) is 17.4 Å². The summed E-state index contributed by atoms with van der Waals surface area (Å²) in [5.74, 6) is 0.704. The molecular formula is C12H20N2O4S. The Kier molecular flexibility index (Phi) is 6.79. The molecule has 0 aliphatic heterocycles. The number of hydrogen-bond donors (Lipinski definition) is 2. The molecule has 0 spiro atoms. The second-order valence-corrected chi connectivity index (χ2v) is 5.82. The number of benzene rings is 1. The van der Waals surface area contributed by atoms with Crippen LogP contribution in [0.25, 0.3) is 0 Å². The Labute approximate surface area is 114 Å². The lowest BCUT2D eigenvalue weighted by Crippen LogP contribution is -2.40. The van der Waals surface area contributed by atoms with Crippen molar-refractivity contribution < 1.29 is 18.3 Å². The molecule has 108 valence electrons. The first kappa shape index (κ1) is 15.9. The highest BCUT2D eigenvalue weighted by molar-refractivity contribution is 7.87. The van der Waals surface area contributed by atoms with Gasteiger partial charge in [-0.15, -0.1) is 0 Å². The maximum Gasteiger partial charge on any atom is 0.279 e. The smallest absolute Gasteiger partial charge is 0.279 e. The van der Waals surface area contributed by atoms with E-state index >= 15 is 0 Å². The third-order valence-corrected chi connectivity index (χ3v) is 4.01. The van der Waals surface area contributed by atoms with E-state index in [4.69, 9.17) is 9.84 Å². The number of nitrogens with zero attached hydrogens (tertiary/aromatic N) is 1.